The maximum atomic E-state index is 13.3. The molecular weight excluding hydrogens is 493 g/mol. The Balaban J connectivity index is 1.57. The number of thioether (sulfide) groups is 1. The van der Waals surface area contributed by atoms with Crippen LogP contribution < -0.4 is 5.32 Å². The number of benzene rings is 3. The molecule has 0 aromatic heterocycles. The highest BCUT2D eigenvalue weighted by atomic mass is 79.9. The number of nitrogens with zero attached hydrogens (tertiary/aromatic N) is 2. The Morgan fingerprint density at radius 1 is 1.06 bits per heavy atom. The largest absolute Gasteiger partial charge is 0.325 e. The molecule has 162 valence electrons. The standard InChI is InChI=1S/C24H19BrFN3O2S/c25-17-8-12-20(13-9-17)27-23(31)21-14-22(30)29(15-16-6-10-18(26)11-7-16)24(32-21)28-19-4-2-1-3-5-19/h1-13,21H,14-15H2,(H,27,31). The van der Waals surface area contributed by atoms with Crippen molar-refractivity contribution in [1.82, 2.24) is 4.90 Å². The van der Waals surface area contributed by atoms with Crippen molar-refractivity contribution in [3.05, 3.63) is 94.7 Å². The highest BCUT2D eigenvalue weighted by Crippen LogP contribution is 2.31. The number of para-hydroxylation sites is 1. The second-order valence-electron chi connectivity index (χ2n) is 7.14. The maximum absolute atomic E-state index is 13.3. The van der Waals surface area contributed by atoms with Gasteiger partial charge in [-0.3, -0.25) is 14.5 Å². The molecule has 32 heavy (non-hydrogen) atoms. The average molecular weight is 512 g/mol. The van der Waals surface area contributed by atoms with Gasteiger partial charge in [-0.1, -0.05) is 58.0 Å². The van der Waals surface area contributed by atoms with E-state index in [0.717, 1.165) is 10.0 Å². The summed E-state index contributed by atoms with van der Waals surface area (Å²) in [6, 6.07) is 22.5. The molecule has 1 fully saturated rings. The molecule has 0 bridgehead atoms. The summed E-state index contributed by atoms with van der Waals surface area (Å²) in [5.74, 6) is -0.803. The minimum atomic E-state index is -0.613. The minimum absolute atomic E-state index is 0.0437. The van der Waals surface area contributed by atoms with Crippen molar-refractivity contribution >= 4 is 56.0 Å². The second-order valence-corrected chi connectivity index (χ2v) is 9.23. The smallest absolute Gasteiger partial charge is 0.238 e. The third kappa shape index (κ3) is 5.63. The minimum Gasteiger partial charge on any atom is -0.325 e. The van der Waals surface area contributed by atoms with Crippen LogP contribution in [0, 0.1) is 5.82 Å². The third-order valence-corrected chi connectivity index (χ3v) is 6.50. The number of halogens is 2. The van der Waals surface area contributed by atoms with Crippen molar-refractivity contribution in [3.8, 4) is 0 Å². The molecule has 1 heterocycles. The summed E-state index contributed by atoms with van der Waals surface area (Å²) in [5, 5.41) is 2.69. The van der Waals surface area contributed by atoms with E-state index < -0.39 is 5.25 Å². The van der Waals surface area contributed by atoms with E-state index in [-0.39, 0.29) is 30.6 Å². The summed E-state index contributed by atoms with van der Waals surface area (Å²) in [6.45, 7) is 0.249. The topological polar surface area (TPSA) is 61.8 Å². The number of nitrogens with one attached hydrogen (secondary N) is 1. The highest BCUT2D eigenvalue weighted by molar-refractivity contribution is 9.10. The predicted molar refractivity (Wildman–Crippen MR) is 129 cm³/mol. The first kappa shape index (κ1) is 22.2. The second kappa shape index (κ2) is 10.1. The van der Waals surface area contributed by atoms with Gasteiger partial charge < -0.3 is 5.32 Å². The van der Waals surface area contributed by atoms with Gasteiger partial charge in [0, 0.05) is 16.6 Å². The lowest BCUT2D eigenvalue weighted by Crippen LogP contribution is -2.44. The number of hydrogen-bond acceptors (Lipinski definition) is 4. The van der Waals surface area contributed by atoms with E-state index >= 15 is 0 Å². The summed E-state index contributed by atoms with van der Waals surface area (Å²) in [7, 11) is 0. The van der Waals surface area contributed by atoms with Crippen LogP contribution in [-0.2, 0) is 16.1 Å². The fourth-order valence-electron chi connectivity index (χ4n) is 3.14. The fraction of sp³-hybridized carbons (Fsp3) is 0.125. The summed E-state index contributed by atoms with van der Waals surface area (Å²) >= 11 is 4.62. The zero-order valence-electron chi connectivity index (χ0n) is 16.9. The summed E-state index contributed by atoms with van der Waals surface area (Å²) in [4.78, 5) is 32.1. The summed E-state index contributed by atoms with van der Waals surface area (Å²) in [6.07, 6.45) is 0.0437. The van der Waals surface area contributed by atoms with Gasteiger partial charge in [-0.2, -0.15) is 0 Å². The van der Waals surface area contributed by atoms with Gasteiger partial charge in [-0.15, -0.1) is 0 Å². The highest BCUT2D eigenvalue weighted by Gasteiger charge is 2.36. The molecular formula is C24H19BrFN3O2S. The average Bonchev–Trinajstić information content (AvgIpc) is 2.79. The van der Waals surface area contributed by atoms with Crippen LogP contribution in [0.2, 0.25) is 0 Å². The van der Waals surface area contributed by atoms with Crippen LogP contribution in [0.15, 0.2) is 88.3 Å². The Kier molecular flexibility index (Phi) is 7.02. The number of aliphatic imine (C=N–C) groups is 1. The molecule has 3 aromatic carbocycles. The zero-order valence-corrected chi connectivity index (χ0v) is 19.3. The SMILES string of the molecule is O=C(Nc1ccc(Br)cc1)C1CC(=O)N(Cc2ccc(F)cc2)C(=Nc2ccccc2)S1. The maximum Gasteiger partial charge on any atom is 0.238 e. The molecule has 4 rings (SSSR count). The molecule has 1 saturated heterocycles. The molecule has 2 amide bonds. The van der Waals surface area contributed by atoms with Crippen LogP contribution in [0.5, 0.6) is 0 Å². The normalized spacial score (nSPS) is 17.4. The van der Waals surface area contributed by atoms with E-state index in [1.54, 1.807) is 29.2 Å². The molecule has 0 spiro atoms. The van der Waals surface area contributed by atoms with E-state index in [1.807, 2.05) is 42.5 Å². The Hall–Kier alpha value is -2.97. The van der Waals surface area contributed by atoms with Crippen molar-refractivity contribution in [1.29, 1.82) is 0 Å². The number of hydrogen-bond donors (Lipinski definition) is 1. The van der Waals surface area contributed by atoms with E-state index in [2.05, 4.69) is 26.2 Å². The van der Waals surface area contributed by atoms with Gasteiger partial charge in [-0.25, -0.2) is 9.38 Å². The number of anilines is 1. The molecule has 1 atom stereocenters. The number of carbonyl (C=O) groups is 2. The molecule has 1 aliphatic rings. The summed E-state index contributed by atoms with van der Waals surface area (Å²) < 4.78 is 14.2. The molecule has 8 heteroatoms. The van der Waals surface area contributed by atoms with E-state index in [9.17, 15) is 14.0 Å². The van der Waals surface area contributed by atoms with Gasteiger partial charge in [-0.05, 0) is 54.1 Å². The Morgan fingerprint density at radius 2 is 1.75 bits per heavy atom. The lowest BCUT2D eigenvalue weighted by Gasteiger charge is -2.32. The van der Waals surface area contributed by atoms with Gasteiger partial charge in [0.2, 0.25) is 11.8 Å². The molecule has 3 aromatic rings. The van der Waals surface area contributed by atoms with Gasteiger partial charge in [0.1, 0.15) is 11.1 Å². The molecule has 1 unspecified atom stereocenters. The van der Waals surface area contributed by atoms with E-state index in [4.69, 9.17) is 0 Å². The van der Waals surface area contributed by atoms with Gasteiger partial charge >= 0.3 is 0 Å². The predicted octanol–water partition coefficient (Wildman–Crippen LogP) is 5.75. The number of amidine groups is 1. The Morgan fingerprint density at radius 3 is 2.44 bits per heavy atom. The third-order valence-electron chi connectivity index (χ3n) is 4.78. The summed E-state index contributed by atoms with van der Waals surface area (Å²) in [5.41, 5.74) is 2.11. The van der Waals surface area contributed by atoms with Crippen molar-refractivity contribution in [2.45, 2.75) is 18.2 Å². The fourth-order valence-corrected chi connectivity index (χ4v) is 4.50. The molecule has 1 aliphatic heterocycles. The molecule has 5 nitrogen and oxygen atoms in total. The molecule has 0 aliphatic carbocycles. The van der Waals surface area contributed by atoms with Crippen molar-refractivity contribution in [2.75, 3.05) is 5.32 Å². The van der Waals surface area contributed by atoms with E-state index in [1.165, 1.54) is 23.9 Å². The van der Waals surface area contributed by atoms with Crippen LogP contribution >= 0.6 is 27.7 Å². The first-order valence-electron chi connectivity index (χ1n) is 9.89. The van der Waals surface area contributed by atoms with Gasteiger partial charge in [0.05, 0.1) is 12.2 Å². The van der Waals surface area contributed by atoms with Crippen molar-refractivity contribution in [3.63, 3.8) is 0 Å². The van der Waals surface area contributed by atoms with Crippen molar-refractivity contribution in [2.24, 2.45) is 4.99 Å². The number of carbonyl (C=O) groups excluding carboxylic acids is 2. The lowest BCUT2D eigenvalue weighted by atomic mass is 10.2. The van der Waals surface area contributed by atoms with Crippen molar-refractivity contribution < 1.29 is 14.0 Å². The first-order chi connectivity index (χ1) is 15.5. The van der Waals surface area contributed by atoms with Gasteiger partial charge in [0.15, 0.2) is 5.17 Å². The molecule has 0 radical (unpaired) electrons. The van der Waals surface area contributed by atoms with Crippen LogP contribution in [0.25, 0.3) is 0 Å². The Bertz CT molecular complexity index is 1140. The molecule has 0 saturated carbocycles. The van der Waals surface area contributed by atoms with Crippen LogP contribution in [0.3, 0.4) is 0 Å². The number of amides is 2. The first-order valence-corrected chi connectivity index (χ1v) is 11.6. The zero-order chi connectivity index (χ0) is 22.5. The molecule has 1 N–H and O–H groups in total. The Labute approximate surface area is 197 Å². The van der Waals surface area contributed by atoms with Gasteiger partial charge in [0.25, 0.3) is 0 Å². The quantitative estimate of drug-likeness (QED) is 0.474. The monoisotopic (exact) mass is 511 g/mol. The van der Waals surface area contributed by atoms with Crippen LogP contribution in [0.4, 0.5) is 15.8 Å². The van der Waals surface area contributed by atoms with Crippen LogP contribution in [0.1, 0.15) is 12.0 Å². The van der Waals surface area contributed by atoms with Crippen LogP contribution in [-0.4, -0.2) is 27.1 Å². The van der Waals surface area contributed by atoms with E-state index in [0.29, 0.717) is 16.5 Å². The number of rotatable bonds is 5. The lowest BCUT2D eigenvalue weighted by molar-refractivity contribution is -0.129.